The molecule has 1 atom stereocenters. The maximum absolute atomic E-state index is 11.0. The van der Waals surface area contributed by atoms with Gasteiger partial charge in [-0.05, 0) is 24.0 Å². The van der Waals surface area contributed by atoms with E-state index in [1.807, 2.05) is 31.2 Å². The van der Waals surface area contributed by atoms with Gasteiger partial charge in [-0.15, -0.1) is 0 Å². The van der Waals surface area contributed by atoms with Crippen LogP contribution in [-0.4, -0.2) is 11.4 Å². The van der Waals surface area contributed by atoms with Gasteiger partial charge in [-0.25, -0.2) is 0 Å². The van der Waals surface area contributed by atoms with E-state index >= 15 is 0 Å². The molecule has 0 saturated heterocycles. The fraction of sp³-hybridized carbons (Fsp3) is 0.533. The minimum absolute atomic E-state index is 0.142. The van der Waals surface area contributed by atoms with Crippen molar-refractivity contribution in [1.82, 2.24) is 0 Å². The van der Waals surface area contributed by atoms with E-state index in [2.05, 4.69) is 0 Å². The predicted molar refractivity (Wildman–Crippen MR) is 67.9 cm³/mol. The summed E-state index contributed by atoms with van der Waals surface area (Å²) in [4.78, 5) is 11.0. The van der Waals surface area contributed by atoms with E-state index in [9.17, 15) is 9.90 Å². The molecule has 0 spiro atoms. The molecule has 1 aliphatic carbocycles. The normalized spacial score (nSPS) is 20.8. The average Bonchev–Trinajstić information content (AvgIpc) is 2.39. The first-order valence-corrected chi connectivity index (χ1v) is 6.44. The number of carbonyl (C=O) groups is 1. The summed E-state index contributed by atoms with van der Waals surface area (Å²) in [6, 6.07) is 7.82. The van der Waals surface area contributed by atoms with Crippen molar-refractivity contribution in [3.63, 3.8) is 0 Å². The number of aldehydes is 1. The van der Waals surface area contributed by atoms with Gasteiger partial charge >= 0.3 is 0 Å². The molecule has 1 unspecified atom stereocenters. The summed E-state index contributed by atoms with van der Waals surface area (Å²) in [6.45, 7) is 1.89. The summed E-state index contributed by atoms with van der Waals surface area (Å²) in [5.74, 6) is -0.142. The van der Waals surface area contributed by atoms with Gasteiger partial charge < -0.3 is 9.90 Å². The molecule has 2 rings (SSSR count). The van der Waals surface area contributed by atoms with Gasteiger partial charge in [-0.3, -0.25) is 0 Å². The highest BCUT2D eigenvalue weighted by molar-refractivity contribution is 5.63. The van der Waals surface area contributed by atoms with Gasteiger partial charge in [0.1, 0.15) is 6.29 Å². The van der Waals surface area contributed by atoms with Crippen molar-refractivity contribution >= 4 is 6.29 Å². The topological polar surface area (TPSA) is 37.3 Å². The van der Waals surface area contributed by atoms with Crippen LogP contribution in [0.15, 0.2) is 24.3 Å². The molecule has 1 fully saturated rings. The van der Waals surface area contributed by atoms with E-state index in [1.54, 1.807) is 0 Å². The Kier molecular flexibility index (Phi) is 3.63. The van der Waals surface area contributed by atoms with Crippen LogP contribution in [0.4, 0.5) is 0 Å². The van der Waals surface area contributed by atoms with E-state index in [0.29, 0.717) is 0 Å². The summed E-state index contributed by atoms with van der Waals surface area (Å²) < 4.78 is 0. The second kappa shape index (κ2) is 5.01. The molecule has 1 aliphatic rings. The first kappa shape index (κ1) is 12.3. The molecule has 0 radical (unpaired) electrons. The maximum atomic E-state index is 11.0. The summed E-state index contributed by atoms with van der Waals surface area (Å²) in [5.41, 5.74) is 1.22. The smallest absolute Gasteiger partial charge is 0.127 e. The Hall–Kier alpha value is -1.15. The zero-order chi connectivity index (χ0) is 12.3. The highest BCUT2D eigenvalue weighted by atomic mass is 16.3. The largest absolute Gasteiger partial charge is 0.385 e. The van der Waals surface area contributed by atoms with Crippen molar-refractivity contribution < 1.29 is 9.90 Å². The number of hydrogen-bond donors (Lipinski definition) is 1. The predicted octanol–water partition coefficient (Wildman–Crippen LogP) is 3.14. The van der Waals surface area contributed by atoms with Crippen molar-refractivity contribution in [3.05, 3.63) is 35.4 Å². The van der Waals surface area contributed by atoms with Crippen LogP contribution in [0, 0.1) is 0 Å². The van der Waals surface area contributed by atoms with Crippen molar-refractivity contribution in [2.24, 2.45) is 0 Å². The third-order valence-corrected chi connectivity index (χ3v) is 3.84. The zero-order valence-corrected chi connectivity index (χ0v) is 10.4. The molecule has 0 aliphatic heterocycles. The Morgan fingerprint density at radius 2 is 1.88 bits per heavy atom. The molecular weight excluding hydrogens is 212 g/mol. The lowest BCUT2D eigenvalue weighted by Gasteiger charge is -2.34. The summed E-state index contributed by atoms with van der Waals surface area (Å²) in [5, 5.41) is 10.8. The minimum Gasteiger partial charge on any atom is -0.385 e. The molecule has 92 valence electrons. The lowest BCUT2D eigenvalue weighted by atomic mass is 9.76. The Morgan fingerprint density at radius 1 is 1.24 bits per heavy atom. The number of rotatable bonds is 3. The fourth-order valence-corrected chi connectivity index (χ4v) is 2.80. The van der Waals surface area contributed by atoms with Gasteiger partial charge in [-0.2, -0.15) is 0 Å². The Bertz CT molecular complexity index is 392. The Balaban J connectivity index is 2.39. The molecule has 0 aromatic heterocycles. The van der Waals surface area contributed by atoms with Crippen molar-refractivity contribution in [2.45, 2.75) is 50.5 Å². The molecule has 2 heteroatoms. The van der Waals surface area contributed by atoms with Crippen molar-refractivity contribution in [1.29, 1.82) is 0 Å². The molecule has 0 bridgehead atoms. The van der Waals surface area contributed by atoms with Crippen LogP contribution in [0.3, 0.4) is 0 Å². The number of hydrogen-bond acceptors (Lipinski definition) is 2. The SMILES string of the molecule is CC(C=O)c1ccccc1C1(O)CCCCC1. The van der Waals surface area contributed by atoms with Crippen molar-refractivity contribution in [3.8, 4) is 0 Å². The third-order valence-electron chi connectivity index (χ3n) is 3.84. The van der Waals surface area contributed by atoms with E-state index in [1.165, 1.54) is 6.42 Å². The number of carbonyl (C=O) groups excluding carboxylic acids is 1. The van der Waals surface area contributed by atoms with Gasteiger partial charge in [0, 0.05) is 5.92 Å². The van der Waals surface area contributed by atoms with Gasteiger partial charge in [0.05, 0.1) is 5.60 Å². The van der Waals surface area contributed by atoms with E-state index in [4.69, 9.17) is 0 Å². The average molecular weight is 232 g/mol. The quantitative estimate of drug-likeness (QED) is 0.813. The molecule has 0 amide bonds. The molecule has 2 nitrogen and oxygen atoms in total. The summed E-state index contributed by atoms with van der Waals surface area (Å²) in [6.07, 6.45) is 5.92. The number of aliphatic hydroxyl groups is 1. The van der Waals surface area contributed by atoms with Crippen LogP contribution < -0.4 is 0 Å². The lowest BCUT2D eigenvalue weighted by Crippen LogP contribution is -2.30. The van der Waals surface area contributed by atoms with Crippen molar-refractivity contribution in [2.75, 3.05) is 0 Å². The monoisotopic (exact) mass is 232 g/mol. The second-order valence-electron chi connectivity index (χ2n) is 5.10. The number of benzene rings is 1. The maximum Gasteiger partial charge on any atom is 0.127 e. The molecule has 17 heavy (non-hydrogen) atoms. The highest BCUT2D eigenvalue weighted by Gasteiger charge is 2.33. The van der Waals surface area contributed by atoms with Gasteiger partial charge in [0.15, 0.2) is 0 Å². The second-order valence-corrected chi connectivity index (χ2v) is 5.10. The fourth-order valence-electron chi connectivity index (χ4n) is 2.80. The standard InChI is InChI=1S/C15H20O2/c1-12(11-16)13-7-3-4-8-14(13)15(17)9-5-2-6-10-15/h3-4,7-8,11-12,17H,2,5-6,9-10H2,1H3. The Morgan fingerprint density at radius 3 is 2.53 bits per heavy atom. The van der Waals surface area contributed by atoms with E-state index < -0.39 is 5.60 Å². The molecule has 1 saturated carbocycles. The van der Waals surface area contributed by atoms with Crippen LogP contribution in [0.1, 0.15) is 56.1 Å². The van der Waals surface area contributed by atoms with Gasteiger partial charge in [0.25, 0.3) is 0 Å². The van der Waals surface area contributed by atoms with E-state index in [-0.39, 0.29) is 5.92 Å². The van der Waals surface area contributed by atoms with Gasteiger partial charge in [0.2, 0.25) is 0 Å². The van der Waals surface area contributed by atoms with E-state index in [0.717, 1.165) is 43.1 Å². The van der Waals surface area contributed by atoms with Crippen LogP contribution in [-0.2, 0) is 10.4 Å². The third kappa shape index (κ3) is 2.42. The first-order chi connectivity index (χ1) is 8.17. The first-order valence-electron chi connectivity index (χ1n) is 6.44. The highest BCUT2D eigenvalue weighted by Crippen LogP contribution is 2.39. The summed E-state index contributed by atoms with van der Waals surface area (Å²) >= 11 is 0. The summed E-state index contributed by atoms with van der Waals surface area (Å²) in [7, 11) is 0. The lowest BCUT2D eigenvalue weighted by molar-refractivity contribution is -0.108. The molecule has 1 N–H and O–H groups in total. The van der Waals surface area contributed by atoms with Crippen LogP contribution in [0.2, 0.25) is 0 Å². The van der Waals surface area contributed by atoms with Crippen LogP contribution in [0.25, 0.3) is 0 Å². The van der Waals surface area contributed by atoms with Crippen LogP contribution in [0.5, 0.6) is 0 Å². The minimum atomic E-state index is -0.716. The molecule has 1 aromatic rings. The zero-order valence-electron chi connectivity index (χ0n) is 10.4. The van der Waals surface area contributed by atoms with Gasteiger partial charge in [-0.1, -0.05) is 50.5 Å². The molecule has 0 heterocycles. The molecule has 1 aromatic carbocycles. The molecular formula is C15H20O2. The Labute approximate surface area is 103 Å². The van der Waals surface area contributed by atoms with Crippen LogP contribution >= 0.6 is 0 Å².